The van der Waals surface area contributed by atoms with Crippen LogP contribution in [-0.4, -0.2) is 17.8 Å². The van der Waals surface area contributed by atoms with Crippen molar-refractivity contribution in [1.82, 2.24) is 4.57 Å². The Hall–Kier alpha value is -0.990. The molecule has 3 rings (SSSR count). The van der Waals surface area contributed by atoms with Gasteiger partial charge in [0.15, 0.2) is 0 Å². The number of ether oxygens (including phenoxy) is 1. The molecule has 1 fully saturated rings. The number of methoxy groups -OCH3 is 1. The summed E-state index contributed by atoms with van der Waals surface area (Å²) < 4.78 is 7.85. The summed E-state index contributed by atoms with van der Waals surface area (Å²) in [5.41, 5.74) is 1.17. The number of para-hydroxylation sites is 1. The van der Waals surface area contributed by atoms with E-state index in [0.29, 0.717) is 12.1 Å². The molecule has 1 heterocycles. The van der Waals surface area contributed by atoms with E-state index in [2.05, 4.69) is 22.9 Å². The first-order valence-electron chi connectivity index (χ1n) is 6.57. The molecule has 1 aromatic carbocycles. The average molecular weight is 264 g/mol. The Morgan fingerprint density at radius 2 is 2.17 bits per heavy atom. The van der Waals surface area contributed by atoms with Crippen LogP contribution in [0.15, 0.2) is 30.5 Å². The summed E-state index contributed by atoms with van der Waals surface area (Å²) in [6, 6.07) is 8.76. The smallest absolute Gasteiger partial charge is 0.0672 e. The van der Waals surface area contributed by atoms with Crippen molar-refractivity contribution in [2.75, 3.05) is 7.11 Å². The fourth-order valence-corrected chi connectivity index (χ4v) is 3.34. The molecular formula is C15H18ClNO. The van der Waals surface area contributed by atoms with E-state index in [4.69, 9.17) is 16.3 Å². The van der Waals surface area contributed by atoms with Gasteiger partial charge in [-0.05, 0) is 37.8 Å². The van der Waals surface area contributed by atoms with Crippen molar-refractivity contribution in [3.05, 3.63) is 35.5 Å². The quantitative estimate of drug-likeness (QED) is 0.782. The van der Waals surface area contributed by atoms with Gasteiger partial charge in [0.25, 0.3) is 0 Å². The molecule has 1 aliphatic carbocycles. The fourth-order valence-electron chi connectivity index (χ4n) is 3.07. The Balaban J connectivity index is 1.99. The predicted molar refractivity (Wildman–Crippen MR) is 75.3 cm³/mol. The highest BCUT2D eigenvalue weighted by Gasteiger charge is 2.24. The Labute approximate surface area is 112 Å². The van der Waals surface area contributed by atoms with Gasteiger partial charge in [0.2, 0.25) is 0 Å². The minimum atomic E-state index is 0.392. The van der Waals surface area contributed by atoms with Gasteiger partial charge in [0.1, 0.15) is 0 Å². The zero-order valence-corrected chi connectivity index (χ0v) is 11.4. The number of rotatable bonds is 2. The Morgan fingerprint density at radius 3 is 3.00 bits per heavy atom. The molecule has 2 nitrogen and oxygen atoms in total. The van der Waals surface area contributed by atoms with Gasteiger partial charge in [-0.15, -0.1) is 0 Å². The maximum absolute atomic E-state index is 6.34. The molecule has 0 bridgehead atoms. The van der Waals surface area contributed by atoms with Gasteiger partial charge in [-0.1, -0.05) is 23.7 Å². The van der Waals surface area contributed by atoms with Crippen molar-refractivity contribution in [2.45, 2.75) is 37.8 Å². The predicted octanol–water partition coefficient (Wildman–Crippen LogP) is 4.42. The molecule has 2 unspecified atom stereocenters. The summed E-state index contributed by atoms with van der Waals surface area (Å²) in [6.07, 6.45) is 7.27. The summed E-state index contributed by atoms with van der Waals surface area (Å²) in [4.78, 5) is 0. The number of nitrogens with zero attached hydrogens (tertiary/aromatic N) is 1. The second-order valence-corrected chi connectivity index (χ2v) is 5.49. The van der Waals surface area contributed by atoms with Crippen LogP contribution in [0.1, 0.15) is 31.7 Å². The topological polar surface area (TPSA) is 14.2 Å². The van der Waals surface area contributed by atoms with Crippen molar-refractivity contribution in [3.63, 3.8) is 0 Å². The van der Waals surface area contributed by atoms with Crippen LogP contribution in [0.2, 0.25) is 5.02 Å². The molecule has 0 N–H and O–H groups in total. The summed E-state index contributed by atoms with van der Waals surface area (Å²) in [5.74, 6) is 0. The largest absolute Gasteiger partial charge is 0.381 e. The standard InChI is InChI=1S/C15H18ClNO/c1-18-13-6-3-5-12(10-13)17-9-8-11-4-2-7-14(16)15(11)17/h2,4,7-9,12-13H,3,5-6,10H2,1H3. The third kappa shape index (κ3) is 2.04. The maximum Gasteiger partial charge on any atom is 0.0672 e. The second kappa shape index (κ2) is 4.94. The van der Waals surface area contributed by atoms with Crippen LogP contribution in [0.25, 0.3) is 10.9 Å². The zero-order chi connectivity index (χ0) is 12.5. The molecule has 2 atom stereocenters. The number of benzene rings is 1. The highest BCUT2D eigenvalue weighted by atomic mass is 35.5. The lowest BCUT2D eigenvalue weighted by Crippen LogP contribution is -2.23. The molecule has 96 valence electrons. The van der Waals surface area contributed by atoms with Crippen molar-refractivity contribution in [1.29, 1.82) is 0 Å². The second-order valence-electron chi connectivity index (χ2n) is 5.08. The lowest BCUT2D eigenvalue weighted by atomic mass is 9.92. The molecule has 18 heavy (non-hydrogen) atoms. The van der Waals surface area contributed by atoms with Crippen LogP contribution in [0.4, 0.5) is 0 Å². The van der Waals surface area contributed by atoms with Gasteiger partial charge in [0, 0.05) is 24.7 Å². The minimum Gasteiger partial charge on any atom is -0.381 e. The summed E-state index contributed by atoms with van der Waals surface area (Å²) in [7, 11) is 1.81. The third-order valence-electron chi connectivity index (χ3n) is 4.02. The van der Waals surface area contributed by atoms with Gasteiger partial charge in [0.05, 0.1) is 16.6 Å². The van der Waals surface area contributed by atoms with E-state index < -0.39 is 0 Å². The molecular weight excluding hydrogens is 246 g/mol. The number of halogens is 1. The van der Waals surface area contributed by atoms with Gasteiger partial charge in [-0.2, -0.15) is 0 Å². The highest BCUT2D eigenvalue weighted by Crippen LogP contribution is 2.35. The minimum absolute atomic E-state index is 0.392. The van der Waals surface area contributed by atoms with Gasteiger partial charge < -0.3 is 9.30 Å². The Kier molecular flexibility index (Phi) is 3.31. The summed E-state index contributed by atoms with van der Waals surface area (Å²) >= 11 is 6.34. The van der Waals surface area contributed by atoms with Crippen molar-refractivity contribution >= 4 is 22.5 Å². The molecule has 0 amide bonds. The van der Waals surface area contributed by atoms with Crippen LogP contribution < -0.4 is 0 Å². The van der Waals surface area contributed by atoms with Gasteiger partial charge >= 0.3 is 0 Å². The summed E-state index contributed by atoms with van der Waals surface area (Å²) in [5, 5.41) is 2.07. The van der Waals surface area contributed by atoms with E-state index in [1.165, 1.54) is 30.2 Å². The normalized spacial score (nSPS) is 24.6. The Bertz CT molecular complexity index is 548. The highest BCUT2D eigenvalue weighted by molar-refractivity contribution is 6.35. The van der Waals surface area contributed by atoms with Crippen molar-refractivity contribution in [2.24, 2.45) is 0 Å². The molecule has 0 aliphatic heterocycles. The van der Waals surface area contributed by atoms with E-state index in [-0.39, 0.29) is 0 Å². The van der Waals surface area contributed by atoms with E-state index in [1.54, 1.807) is 0 Å². The number of hydrogen-bond donors (Lipinski definition) is 0. The van der Waals surface area contributed by atoms with Crippen molar-refractivity contribution in [3.8, 4) is 0 Å². The van der Waals surface area contributed by atoms with E-state index in [1.807, 2.05) is 19.2 Å². The average Bonchev–Trinajstić information content (AvgIpc) is 2.84. The first-order chi connectivity index (χ1) is 8.79. The molecule has 1 aliphatic rings. The van der Waals surface area contributed by atoms with E-state index in [0.717, 1.165) is 11.4 Å². The Morgan fingerprint density at radius 1 is 1.28 bits per heavy atom. The SMILES string of the molecule is COC1CCCC(n2ccc3cccc(Cl)c32)C1. The third-order valence-corrected chi connectivity index (χ3v) is 4.32. The lowest BCUT2D eigenvalue weighted by molar-refractivity contribution is 0.0538. The molecule has 0 radical (unpaired) electrons. The molecule has 2 aromatic rings. The summed E-state index contributed by atoms with van der Waals surface area (Å²) in [6.45, 7) is 0. The maximum atomic E-state index is 6.34. The van der Waals surface area contributed by atoms with Crippen LogP contribution in [0.5, 0.6) is 0 Å². The first-order valence-corrected chi connectivity index (χ1v) is 6.95. The van der Waals surface area contributed by atoms with Crippen LogP contribution in [-0.2, 0) is 4.74 Å². The molecule has 1 saturated carbocycles. The lowest BCUT2D eigenvalue weighted by Gasteiger charge is -2.30. The number of fused-ring (bicyclic) bond motifs is 1. The van der Waals surface area contributed by atoms with Crippen LogP contribution >= 0.6 is 11.6 Å². The number of aromatic nitrogens is 1. The van der Waals surface area contributed by atoms with Gasteiger partial charge in [-0.3, -0.25) is 0 Å². The van der Waals surface area contributed by atoms with Crippen LogP contribution in [0.3, 0.4) is 0 Å². The van der Waals surface area contributed by atoms with E-state index >= 15 is 0 Å². The van der Waals surface area contributed by atoms with E-state index in [9.17, 15) is 0 Å². The molecule has 1 aromatic heterocycles. The zero-order valence-electron chi connectivity index (χ0n) is 10.6. The monoisotopic (exact) mass is 263 g/mol. The molecule has 0 spiro atoms. The first kappa shape index (κ1) is 12.1. The number of hydrogen-bond acceptors (Lipinski definition) is 1. The molecule has 0 saturated heterocycles. The van der Waals surface area contributed by atoms with Crippen LogP contribution in [0, 0.1) is 0 Å². The van der Waals surface area contributed by atoms with Gasteiger partial charge in [-0.25, -0.2) is 0 Å². The van der Waals surface area contributed by atoms with Crippen molar-refractivity contribution < 1.29 is 4.74 Å². The molecule has 3 heteroatoms. The fraction of sp³-hybridized carbons (Fsp3) is 0.467.